The third-order valence-electron chi connectivity index (χ3n) is 5.71. The maximum Gasteiger partial charge on any atom is 0.231 e. The van der Waals surface area contributed by atoms with Crippen molar-refractivity contribution < 1.29 is 9.63 Å². The molecule has 2 atom stereocenters. The van der Waals surface area contributed by atoms with Crippen LogP contribution in [-0.4, -0.2) is 46.4 Å². The van der Waals surface area contributed by atoms with Gasteiger partial charge in [0.05, 0.1) is 5.92 Å². The second kappa shape index (κ2) is 6.28. The molecule has 0 amide bonds. The Morgan fingerprint density at radius 3 is 2.64 bits per heavy atom. The Labute approximate surface area is 132 Å². The summed E-state index contributed by atoms with van der Waals surface area (Å²) in [5.74, 6) is 3.48. The Kier molecular flexibility index (Phi) is 4.18. The number of likely N-dealkylation sites (tertiary alicyclic amines) is 1. The molecule has 3 fully saturated rings. The lowest BCUT2D eigenvalue weighted by molar-refractivity contribution is 0.195. The number of aliphatic hydroxyl groups is 1. The van der Waals surface area contributed by atoms with Crippen molar-refractivity contribution in [3.05, 3.63) is 11.7 Å². The highest BCUT2D eigenvalue weighted by molar-refractivity contribution is 5.08. The van der Waals surface area contributed by atoms with Crippen LogP contribution in [0.3, 0.4) is 0 Å². The molecule has 5 heteroatoms. The van der Waals surface area contributed by atoms with Crippen molar-refractivity contribution in [3.63, 3.8) is 0 Å². The molecule has 1 aromatic rings. The SMILES string of the molecule is OC[C@@H]1CN(CC2CCCCC2)C[C@H]1c1nc(C2CC2)no1. The highest BCUT2D eigenvalue weighted by atomic mass is 16.5. The van der Waals surface area contributed by atoms with Gasteiger partial charge in [0.25, 0.3) is 0 Å². The van der Waals surface area contributed by atoms with E-state index in [2.05, 4.69) is 15.0 Å². The molecule has 22 heavy (non-hydrogen) atoms. The molecule has 1 saturated heterocycles. The first-order valence-electron chi connectivity index (χ1n) is 9.00. The molecule has 0 aromatic carbocycles. The van der Waals surface area contributed by atoms with E-state index in [-0.39, 0.29) is 18.4 Å². The minimum Gasteiger partial charge on any atom is -0.396 e. The van der Waals surface area contributed by atoms with Crippen molar-refractivity contribution in [3.8, 4) is 0 Å². The summed E-state index contributed by atoms with van der Waals surface area (Å²) in [5.41, 5.74) is 0. The van der Waals surface area contributed by atoms with Gasteiger partial charge in [-0.25, -0.2) is 0 Å². The van der Waals surface area contributed by atoms with E-state index in [0.29, 0.717) is 5.92 Å². The van der Waals surface area contributed by atoms with Gasteiger partial charge in [0.15, 0.2) is 5.82 Å². The Balaban J connectivity index is 1.40. The zero-order chi connectivity index (χ0) is 14.9. The molecule has 0 radical (unpaired) electrons. The fourth-order valence-electron chi connectivity index (χ4n) is 4.21. The third-order valence-corrected chi connectivity index (χ3v) is 5.71. The standard InChI is InChI=1S/C17H27N3O2/c21-11-14-9-20(8-12-4-2-1-3-5-12)10-15(14)17-18-16(19-22-17)13-6-7-13/h12-15,21H,1-11H2/t14-,15+/m0/s1. The van der Waals surface area contributed by atoms with Crippen molar-refractivity contribution in [2.75, 3.05) is 26.2 Å². The van der Waals surface area contributed by atoms with E-state index in [4.69, 9.17) is 4.52 Å². The topological polar surface area (TPSA) is 62.4 Å². The monoisotopic (exact) mass is 305 g/mol. The van der Waals surface area contributed by atoms with Crippen molar-refractivity contribution in [2.45, 2.75) is 56.8 Å². The molecule has 0 spiro atoms. The summed E-state index contributed by atoms with van der Waals surface area (Å²) in [6.45, 7) is 3.33. The van der Waals surface area contributed by atoms with Crippen LogP contribution in [-0.2, 0) is 0 Å². The maximum absolute atomic E-state index is 9.73. The Morgan fingerprint density at radius 2 is 1.91 bits per heavy atom. The summed E-state index contributed by atoms with van der Waals surface area (Å²) >= 11 is 0. The van der Waals surface area contributed by atoms with Gasteiger partial charge in [-0.1, -0.05) is 24.4 Å². The number of nitrogens with zero attached hydrogens (tertiary/aromatic N) is 3. The summed E-state index contributed by atoms with van der Waals surface area (Å²) in [7, 11) is 0. The molecule has 0 bridgehead atoms. The predicted molar refractivity (Wildman–Crippen MR) is 82.6 cm³/mol. The van der Waals surface area contributed by atoms with Crippen LogP contribution in [0.1, 0.15) is 68.5 Å². The van der Waals surface area contributed by atoms with E-state index in [1.165, 1.54) is 51.5 Å². The van der Waals surface area contributed by atoms with E-state index < -0.39 is 0 Å². The number of aliphatic hydroxyl groups excluding tert-OH is 1. The van der Waals surface area contributed by atoms with Crippen LogP contribution in [0.2, 0.25) is 0 Å². The van der Waals surface area contributed by atoms with Crippen LogP contribution < -0.4 is 0 Å². The summed E-state index contributed by atoms with van der Waals surface area (Å²) in [6, 6.07) is 0. The van der Waals surface area contributed by atoms with Gasteiger partial charge in [-0.05, 0) is 31.6 Å². The smallest absolute Gasteiger partial charge is 0.231 e. The molecular formula is C17H27N3O2. The molecule has 5 nitrogen and oxygen atoms in total. The zero-order valence-electron chi connectivity index (χ0n) is 13.3. The van der Waals surface area contributed by atoms with Crippen molar-refractivity contribution >= 4 is 0 Å². The minimum absolute atomic E-state index is 0.215. The fourth-order valence-corrected chi connectivity index (χ4v) is 4.21. The lowest BCUT2D eigenvalue weighted by Crippen LogP contribution is -2.29. The lowest BCUT2D eigenvalue weighted by atomic mass is 9.89. The molecule has 0 unspecified atom stereocenters. The highest BCUT2D eigenvalue weighted by Crippen LogP contribution is 2.40. The van der Waals surface area contributed by atoms with E-state index in [9.17, 15) is 5.11 Å². The summed E-state index contributed by atoms with van der Waals surface area (Å²) < 4.78 is 5.52. The Hall–Kier alpha value is -0.940. The number of hydrogen-bond donors (Lipinski definition) is 1. The van der Waals surface area contributed by atoms with Crippen LogP contribution in [0, 0.1) is 11.8 Å². The van der Waals surface area contributed by atoms with Gasteiger partial charge in [0.2, 0.25) is 5.89 Å². The zero-order valence-corrected chi connectivity index (χ0v) is 13.3. The van der Waals surface area contributed by atoms with Crippen molar-refractivity contribution in [1.82, 2.24) is 15.0 Å². The van der Waals surface area contributed by atoms with Crippen LogP contribution in [0.4, 0.5) is 0 Å². The molecule has 3 aliphatic rings. The first-order chi connectivity index (χ1) is 10.8. The first-order valence-corrected chi connectivity index (χ1v) is 9.00. The van der Waals surface area contributed by atoms with Crippen LogP contribution >= 0.6 is 0 Å². The predicted octanol–water partition coefficient (Wildman–Crippen LogP) is 2.54. The van der Waals surface area contributed by atoms with Gasteiger partial charge in [-0.3, -0.25) is 0 Å². The molecule has 4 rings (SSSR count). The van der Waals surface area contributed by atoms with Gasteiger partial charge < -0.3 is 14.5 Å². The molecule has 2 heterocycles. The number of rotatable bonds is 5. The van der Waals surface area contributed by atoms with Gasteiger partial charge in [0.1, 0.15) is 0 Å². The Bertz CT molecular complexity index is 494. The molecular weight excluding hydrogens is 278 g/mol. The summed E-state index contributed by atoms with van der Waals surface area (Å²) in [4.78, 5) is 7.13. The van der Waals surface area contributed by atoms with Crippen molar-refractivity contribution in [1.29, 1.82) is 0 Å². The number of aromatic nitrogens is 2. The summed E-state index contributed by atoms with van der Waals surface area (Å²) in [5, 5.41) is 13.9. The minimum atomic E-state index is 0.215. The van der Waals surface area contributed by atoms with Crippen LogP contribution in [0.5, 0.6) is 0 Å². The van der Waals surface area contributed by atoms with E-state index in [1.54, 1.807) is 0 Å². The molecule has 2 aliphatic carbocycles. The second-order valence-corrected chi connectivity index (χ2v) is 7.54. The largest absolute Gasteiger partial charge is 0.396 e. The fraction of sp³-hybridized carbons (Fsp3) is 0.882. The average molecular weight is 305 g/mol. The molecule has 1 N–H and O–H groups in total. The van der Waals surface area contributed by atoms with Gasteiger partial charge in [-0.15, -0.1) is 0 Å². The van der Waals surface area contributed by atoms with E-state index in [0.717, 1.165) is 30.7 Å². The third kappa shape index (κ3) is 3.06. The maximum atomic E-state index is 9.73. The van der Waals surface area contributed by atoms with E-state index in [1.807, 2.05) is 0 Å². The number of hydrogen-bond acceptors (Lipinski definition) is 5. The highest BCUT2D eigenvalue weighted by Gasteiger charge is 2.39. The Morgan fingerprint density at radius 1 is 1.09 bits per heavy atom. The van der Waals surface area contributed by atoms with E-state index >= 15 is 0 Å². The molecule has 122 valence electrons. The molecule has 2 saturated carbocycles. The van der Waals surface area contributed by atoms with Gasteiger partial charge in [0, 0.05) is 38.1 Å². The lowest BCUT2D eigenvalue weighted by Gasteiger charge is -2.26. The average Bonchev–Trinajstić information content (AvgIpc) is 3.14. The van der Waals surface area contributed by atoms with Crippen molar-refractivity contribution in [2.24, 2.45) is 11.8 Å². The normalized spacial score (nSPS) is 31.0. The first kappa shape index (κ1) is 14.6. The summed E-state index contributed by atoms with van der Waals surface area (Å²) in [6.07, 6.45) is 9.32. The van der Waals surface area contributed by atoms with Crippen LogP contribution in [0.25, 0.3) is 0 Å². The molecule has 1 aliphatic heterocycles. The second-order valence-electron chi connectivity index (χ2n) is 7.54. The van der Waals surface area contributed by atoms with Crippen LogP contribution in [0.15, 0.2) is 4.52 Å². The van der Waals surface area contributed by atoms with Gasteiger partial charge >= 0.3 is 0 Å². The molecule has 1 aromatic heterocycles. The quantitative estimate of drug-likeness (QED) is 0.905. The van der Waals surface area contributed by atoms with Gasteiger partial charge in [-0.2, -0.15) is 4.98 Å².